The standard InChI is InChI=1S/C24H26Cl2N2O4/c25-16-5-6-19(18(26)12-16)27-22(29)13-28-10-9-24(30)8-2-1-3-17(24)23(28)15-4-7-20-21(11-15)32-14-31-20/h4-7,11-12,17,23,30H,1-3,8-10,13-14H2,(H,27,29)/t17-,23+,24+/m1/s1. The van der Waals surface area contributed by atoms with E-state index < -0.39 is 5.60 Å². The molecule has 0 spiro atoms. The Hall–Kier alpha value is -1.99. The lowest BCUT2D eigenvalue weighted by molar-refractivity contribution is -0.135. The van der Waals surface area contributed by atoms with Crippen molar-refractivity contribution in [3.63, 3.8) is 0 Å². The van der Waals surface area contributed by atoms with Crippen molar-refractivity contribution in [2.45, 2.75) is 43.7 Å². The summed E-state index contributed by atoms with van der Waals surface area (Å²) in [6, 6.07) is 10.9. The second-order valence-corrected chi connectivity index (χ2v) is 9.75. The van der Waals surface area contributed by atoms with Gasteiger partial charge in [-0.3, -0.25) is 9.69 Å². The van der Waals surface area contributed by atoms with Gasteiger partial charge in [-0.1, -0.05) is 42.1 Å². The van der Waals surface area contributed by atoms with Gasteiger partial charge in [-0.05, 0) is 55.2 Å². The first-order valence-corrected chi connectivity index (χ1v) is 11.8. The Balaban J connectivity index is 1.41. The number of nitrogens with one attached hydrogen (secondary N) is 1. The van der Waals surface area contributed by atoms with Crippen molar-refractivity contribution >= 4 is 34.8 Å². The summed E-state index contributed by atoms with van der Waals surface area (Å²) in [4.78, 5) is 15.1. The minimum atomic E-state index is -0.703. The van der Waals surface area contributed by atoms with E-state index in [-0.39, 0.29) is 31.2 Å². The Morgan fingerprint density at radius 3 is 2.81 bits per heavy atom. The summed E-state index contributed by atoms with van der Waals surface area (Å²) in [5.74, 6) is 1.34. The maximum atomic E-state index is 13.0. The first-order chi connectivity index (χ1) is 15.4. The fraction of sp³-hybridized carbons (Fsp3) is 0.458. The van der Waals surface area contributed by atoms with Crippen molar-refractivity contribution in [2.24, 2.45) is 5.92 Å². The fourth-order valence-corrected chi connectivity index (χ4v) is 5.88. The van der Waals surface area contributed by atoms with Gasteiger partial charge in [-0.2, -0.15) is 0 Å². The Bertz CT molecular complexity index is 1030. The number of anilines is 1. The Labute approximate surface area is 197 Å². The molecule has 32 heavy (non-hydrogen) atoms. The molecule has 2 heterocycles. The van der Waals surface area contributed by atoms with Crippen molar-refractivity contribution in [3.05, 3.63) is 52.0 Å². The third-order valence-electron chi connectivity index (χ3n) is 6.96. The Morgan fingerprint density at radius 1 is 1.12 bits per heavy atom. The lowest BCUT2D eigenvalue weighted by Gasteiger charge is -2.52. The van der Waals surface area contributed by atoms with Gasteiger partial charge in [0, 0.05) is 23.5 Å². The number of fused-ring (bicyclic) bond motifs is 2. The van der Waals surface area contributed by atoms with Crippen LogP contribution in [0.2, 0.25) is 10.0 Å². The topological polar surface area (TPSA) is 71.0 Å². The van der Waals surface area contributed by atoms with E-state index in [4.69, 9.17) is 32.7 Å². The number of halogens is 2. The smallest absolute Gasteiger partial charge is 0.238 e. The summed E-state index contributed by atoms with van der Waals surface area (Å²) in [7, 11) is 0. The second-order valence-electron chi connectivity index (χ2n) is 8.91. The number of aliphatic hydroxyl groups is 1. The Morgan fingerprint density at radius 2 is 1.97 bits per heavy atom. The van der Waals surface area contributed by atoms with Crippen molar-refractivity contribution in [3.8, 4) is 11.5 Å². The van der Waals surface area contributed by atoms with Gasteiger partial charge >= 0.3 is 0 Å². The molecule has 3 atom stereocenters. The van der Waals surface area contributed by atoms with Crippen molar-refractivity contribution in [1.82, 2.24) is 4.90 Å². The van der Waals surface area contributed by atoms with E-state index in [1.54, 1.807) is 18.2 Å². The van der Waals surface area contributed by atoms with Gasteiger partial charge in [0.05, 0.1) is 22.9 Å². The van der Waals surface area contributed by atoms with Crippen molar-refractivity contribution < 1.29 is 19.4 Å². The summed E-state index contributed by atoms with van der Waals surface area (Å²) < 4.78 is 11.1. The van der Waals surface area contributed by atoms with E-state index in [0.29, 0.717) is 34.4 Å². The third kappa shape index (κ3) is 4.17. The second kappa shape index (κ2) is 8.75. The zero-order chi connectivity index (χ0) is 22.3. The maximum absolute atomic E-state index is 13.0. The SMILES string of the molecule is O=C(CN1CC[C@@]2(O)CCCC[C@@H]2[C@@H]1c1ccc2c(c1)OCO2)Nc1ccc(Cl)cc1Cl. The average molecular weight is 477 g/mol. The molecule has 2 aromatic carbocycles. The zero-order valence-corrected chi connectivity index (χ0v) is 19.2. The first kappa shape index (κ1) is 21.8. The van der Waals surface area contributed by atoms with Gasteiger partial charge in [0.1, 0.15) is 0 Å². The molecule has 2 aromatic rings. The van der Waals surface area contributed by atoms with Gasteiger partial charge in [0.2, 0.25) is 12.7 Å². The van der Waals surface area contributed by atoms with Crippen LogP contribution in [-0.4, -0.2) is 41.4 Å². The summed E-state index contributed by atoms with van der Waals surface area (Å²) in [6.45, 7) is 1.04. The number of carbonyl (C=O) groups is 1. The number of amides is 1. The summed E-state index contributed by atoms with van der Waals surface area (Å²) in [6.07, 6.45) is 4.51. The van der Waals surface area contributed by atoms with Crippen LogP contribution in [0.1, 0.15) is 43.7 Å². The van der Waals surface area contributed by atoms with E-state index in [1.165, 1.54) is 0 Å². The lowest BCUT2D eigenvalue weighted by atomic mass is 9.66. The predicted octanol–water partition coefficient (Wildman–Crippen LogP) is 5.03. The summed E-state index contributed by atoms with van der Waals surface area (Å²) in [5.41, 5.74) is 0.870. The zero-order valence-electron chi connectivity index (χ0n) is 17.7. The quantitative estimate of drug-likeness (QED) is 0.647. The average Bonchev–Trinajstić information content (AvgIpc) is 3.23. The van der Waals surface area contributed by atoms with Crippen LogP contribution < -0.4 is 14.8 Å². The molecular weight excluding hydrogens is 451 g/mol. The van der Waals surface area contributed by atoms with E-state index >= 15 is 0 Å². The van der Waals surface area contributed by atoms with Crippen molar-refractivity contribution in [1.29, 1.82) is 0 Å². The van der Waals surface area contributed by atoms with Gasteiger partial charge in [-0.25, -0.2) is 0 Å². The molecule has 1 saturated carbocycles. The molecule has 1 aliphatic carbocycles. The predicted molar refractivity (Wildman–Crippen MR) is 123 cm³/mol. The molecule has 0 aromatic heterocycles. The molecule has 1 saturated heterocycles. The molecule has 6 nitrogen and oxygen atoms in total. The highest BCUT2D eigenvalue weighted by Crippen LogP contribution is 2.50. The van der Waals surface area contributed by atoms with Gasteiger partial charge in [0.15, 0.2) is 11.5 Å². The van der Waals surface area contributed by atoms with Crippen LogP contribution in [0, 0.1) is 5.92 Å². The number of rotatable bonds is 4. The van der Waals surface area contributed by atoms with E-state index in [0.717, 1.165) is 37.0 Å². The number of hydrogen-bond donors (Lipinski definition) is 2. The minimum absolute atomic E-state index is 0.0530. The maximum Gasteiger partial charge on any atom is 0.238 e. The number of nitrogens with zero attached hydrogens (tertiary/aromatic N) is 1. The van der Waals surface area contributed by atoms with Crippen LogP contribution in [-0.2, 0) is 4.79 Å². The van der Waals surface area contributed by atoms with Crippen LogP contribution in [0.15, 0.2) is 36.4 Å². The molecule has 5 rings (SSSR count). The fourth-order valence-electron chi connectivity index (χ4n) is 5.43. The molecule has 8 heteroatoms. The van der Waals surface area contributed by atoms with Crippen LogP contribution in [0.25, 0.3) is 0 Å². The van der Waals surface area contributed by atoms with E-state index in [2.05, 4.69) is 10.2 Å². The van der Waals surface area contributed by atoms with Crippen LogP contribution in [0.3, 0.4) is 0 Å². The van der Waals surface area contributed by atoms with Crippen LogP contribution in [0.4, 0.5) is 5.69 Å². The van der Waals surface area contributed by atoms with Crippen LogP contribution >= 0.6 is 23.2 Å². The molecule has 170 valence electrons. The highest BCUT2D eigenvalue weighted by Gasteiger charge is 2.49. The Kier molecular flexibility index (Phi) is 5.97. The van der Waals surface area contributed by atoms with E-state index in [1.807, 2.05) is 18.2 Å². The minimum Gasteiger partial charge on any atom is -0.454 e. The van der Waals surface area contributed by atoms with E-state index in [9.17, 15) is 9.90 Å². The third-order valence-corrected chi connectivity index (χ3v) is 7.51. The molecule has 2 aliphatic heterocycles. The number of benzene rings is 2. The van der Waals surface area contributed by atoms with Crippen molar-refractivity contribution in [2.75, 3.05) is 25.2 Å². The largest absolute Gasteiger partial charge is 0.454 e. The molecule has 0 unspecified atom stereocenters. The number of likely N-dealkylation sites (tertiary alicyclic amines) is 1. The highest BCUT2D eigenvalue weighted by atomic mass is 35.5. The van der Waals surface area contributed by atoms with Gasteiger partial charge in [0.25, 0.3) is 0 Å². The molecule has 2 N–H and O–H groups in total. The molecular formula is C24H26Cl2N2O4. The molecule has 3 aliphatic rings. The monoisotopic (exact) mass is 476 g/mol. The number of hydrogen-bond acceptors (Lipinski definition) is 5. The highest BCUT2D eigenvalue weighted by molar-refractivity contribution is 6.36. The molecule has 0 bridgehead atoms. The molecule has 2 fully saturated rings. The van der Waals surface area contributed by atoms with Gasteiger partial charge < -0.3 is 19.9 Å². The van der Waals surface area contributed by atoms with Gasteiger partial charge in [-0.15, -0.1) is 0 Å². The first-order valence-electron chi connectivity index (χ1n) is 11.0. The summed E-state index contributed by atoms with van der Waals surface area (Å²) >= 11 is 12.2. The number of piperidine rings is 1. The summed E-state index contributed by atoms with van der Waals surface area (Å²) in [5, 5.41) is 15.3. The lowest BCUT2D eigenvalue weighted by Crippen LogP contribution is -2.56. The number of carbonyl (C=O) groups excluding carboxylic acids is 1. The number of ether oxygens (including phenoxy) is 2. The van der Waals surface area contributed by atoms with Crippen LogP contribution in [0.5, 0.6) is 11.5 Å². The molecule has 0 radical (unpaired) electrons. The normalized spacial score (nSPS) is 27.1. The molecule has 1 amide bonds.